The highest BCUT2D eigenvalue weighted by atomic mass is 16.6. The van der Waals surface area contributed by atoms with Crippen molar-refractivity contribution in [3.05, 3.63) is 35.4 Å². The molecule has 1 heterocycles. The van der Waals surface area contributed by atoms with Crippen LogP contribution in [0.5, 0.6) is 0 Å². The summed E-state index contributed by atoms with van der Waals surface area (Å²) in [4.78, 5) is 50.7. The van der Waals surface area contributed by atoms with Gasteiger partial charge in [-0.2, -0.15) is 0 Å². The lowest BCUT2D eigenvalue weighted by Crippen LogP contribution is -2.42. The minimum absolute atomic E-state index is 0.0239. The van der Waals surface area contributed by atoms with Crippen LogP contribution in [-0.2, 0) is 19.1 Å². The van der Waals surface area contributed by atoms with E-state index in [0.29, 0.717) is 0 Å². The Hall–Kier alpha value is -2.70. The monoisotopic (exact) mass is 331 g/mol. The van der Waals surface area contributed by atoms with Gasteiger partial charge in [0, 0.05) is 0 Å². The van der Waals surface area contributed by atoms with E-state index < -0.39 is 35.2 Å². The first-order valence-corrected chi connectivity index (χ1v) is 7.80. The van der Waals surface area contributed by atoms with Crippen LogP contribution >= 0.6 is 0 Å². The van der Waals surface area contributed by atoms with Crippen LogP contribution in [0.1, 0.15) is 41.0 Å². The molecule has 1 fully saturated rings. The summed E-state index contributed by atoms with van der Waals surface area (Å²) in [6.45, 7) is 3.43. The van der Waals surface area contributed by atoms with Gasteiger partial charge in [0.05, 0.1) is 30.4 Å². The maximum Gasteiger partial charge on any atom is 0.325 e. The van der Waals surface area contributed by atoms with E-state index >= 15 is 0 Å². The van der Waals surface area contributed by atoms with Crippen LogP contribution in [0.4, 0.5) is 0 Å². The molecule has 7 heteroatoms. The molecular formula is C17H17NO6. The van der Waals surface area contributed by atoms with Crippen molar-refractivity contribution in [2.45, 2.75) is 26.3 Å². The maximum absolute atomic E-state index is 12.5. The molecule has 3 rings (SSSR count). The molecule has 1 aromatic carbocycles. The lowest BCUT2D eigenvalue weighted by atomic mass is 10.1. The Morgan fingerprint density at radius 1 is 1.04 bits per heavy atom. The van der Waals surface area contributed by atoms with Crippen LogP contribution in [0.25, 0.3) is 0 Å². The fraction of sp³-hybridized carbons (Fsp3) is 0.412. The molecule has 7 nitrogen and oxygen atoms in total. The molecular weight excluding hydrogens is 314 g/mol. The molecule has 2 amide bonds. The van der Waals surface area contributed by atoms with Gasteiger partial charge in [0.15, 0.2) is 5.41 Å². The smallest absolute Gasteiger partial charge is 0.325 e. The first kappa shape index (κ1) is 16.2. The molecule has 24 heavy (non-hydrogen) atoms. The average Bonchev–Trinajstić information content (AvgIpc) is 3.26. The van der Waals surface area contributed by atoms with E-state index in [9.17, 15) is 19.2 Å². The number of carbonyl (C=O) groups is 4. The lowest BCUT2D eigenvalue weighted by molar-refractivity contribution is -0.164. The Bertz CT molecular complexity index is 687. The number of amides is 2. The number of carbonyl (C=O) groups excluding carboxylic acids is 4. The minimum Gasteiger partial charge on any atom is -0.465 e. The van der Waals surface area contributed by atoms with Gasteiger partial charge in [-0.1, -0.05) is 12.1 Å². The van der Waals surface area contributed by atoms with Crippen molar-refractivity contribution in [2.24, 2.45) is 5.41 Å². The molecule has 0 radical (unpaired) electrons. The summed E-state index contributed by atoms with van der Waals surface area (Å²) >= 11 is 0. The normalized spacial score (nSPS) is 20.6. The summed E-state index contributed by atoms with van der Waals surface area (Å²) in [7, 11) is 0. The Morgan fingerprint density at radius 2 is 1.50 bits per heavy atom. The molecule has 0 bridgehead atoms. The molecule has 1 aliphatic heterocycles. The van der Waals surface area contributed by atoms with Crippen LogP contribution in [-0.4, -0.2) is 47.9 Å². The number of benzene rings is 1. The highest BCUT2D eigenvalue weighted by Gasteiger charge is 2.73. The predicted molar refractivity (Wildman–Crippen MR) is 81.0 cm³/mol. The number of imide groups is 1. The van der Waals surface area contributed by atoms with E-state index in [0.717, 1.165) is 4.90 Å². The molecule has 1 atom stereocenters. The van der Waals surface area contributed by atoms with Gasteiger partial charge < -0.3 is 9.47 Å². The summed E-state index contributed by atoms with van der Waals surface area (Å²) in [5, 5.41) is 0. The van der Waals surface area contributed by atoms with Crippen LogP contribution in [0.2, 0.25) is 0 Å². The Kier molecular flexibility index (Phi) is 3.87. The number of nitrogens with zero attached hydrogens (tertiary/aromatic N) is 1. The zero-order valence-electron chi connectivity index (χ0n) is 13.4. The second-order valence-corrected chi connectivity index (χ2v) is 5.66. The molecule has 1 aliphatic carbocycles. The predicted octanol–water partition coefficient (Wildman–Crippen LogP) is 1.17. The molecule has 1 unspecified atom stereocenters. The van der Waals surface area contributed by atoms with Gasteiger partial charge in [0.25, 0.3) is 11.8 Å². The van der Waals surface area contributed by atoms with E-state index in [1.165, 1.54) is 0 Å². The first-order valence-electron chi connectivity index (χ1n) is 7.80. The molecule has 0 aromatic heterocycles. The molecule has 0 saturated heterocycles. The highest BCUT2D eigenvalue weighted by molar-refractivity contribution is 6.23. The van der Waals surface area contributed by atoms with E-state index in [4.69, 9.17) is 9.47 Å². The quantitative estimate of drug-likeness (QED) is 0.457. The van der Waals surface area contributed by atoms with Crippen molar-refractivity contribution in [3.63, 3.8) is 0 Å². The van der Waals surface area contributed by atoms with Gasteiger partial charge in [0.2, 0.25) is 0 Å². The summed E-state index contributed by atoms with van der Waals surface area (Å²) in [5.41, 5.74) is -1.06. The van der Waals surface area contributed by atoms with Crippen LogP contribution in [0.15, 0.2) is 24.3 Å². The SMILES string of the molecule is CCOC(=O)C1(C(=O)OCC)CC1N1C(=O)c2ccccc2C1=O. The van der Waals surface area contributed by atoms with Crippen molar-refractivity contribution < 1.29 is 28.7 Å². The summed E-state index contributed by atoms with van der Waals surface area (Å²) in [6.07, 6.45) is 0.0239. The van der Waals surface area contributed by atoms with E-state index in [2.05, 4.69) is 0 Å². The van der Waals surface area contributed by atoms with Gasteiger partial charge in [0.1, 0.15) is 0 Å². The largest absolute Gasteiger partial charge is 0.465 e. The van der Waals surface area contributed by atoms with E-state index in [1.54, 1.807) is 38.1 Å². The fourth-order valence-electron chi connectivity index (χ4n) is 3.09. The van der Waals surface area contributed by atoms with Crippen molar-refractivity contribution in [1.29, 1.82) is 0 Å². The van der Waals surface area contributed by atoms with Crippen LogP contribution in [0, 0.1) is 5.41 Å². The minimum atomic E-state index is -1.61. The van der Waals surface area contributed by atoms with Gasteiger partial charge in [-0.25, -0.2) is 0 Å². The van der Waals surface area contributed by atoms with Gasteiger partial charge >= 0.3 is 11.9 Å². The third-order valence-electron chi connectivity index (χ3n) is 4.34. The van der Waals surface area contributed by atoms with Crippen molar-refractivity contribution in [1.82, 2.24) is 4.90 Å². The Morgan fingerprint density at radius 3 is 1.92 bits per heavy atom. The molecule has 0 spiro atoms. The fourth-order valence-corrected chi connectivity index (χ4v) is 3.09. The van der Waals surface area contributed by atoms with Gasteiger partial charge in [-0.15, -0.1) is 0 Å². The molecule has 2 aliphatic rings. The van der Waals surface area contributed by atoms with Crippen molar-refractivity contribution >= 4 is 23.8 Å². The zero-order valence-corrected chi connectivity index (χ0v) is 13.4. The molecule has 1 aromatic rings. The number of ether oxygens (including phenoxy) is 2. The molecule has 1 saturated carbocycles. The number of hydrogen-bond donors (Lipinski definition) is 0. The second-order valence-electron chi connectivity index (χ2n) is 5.66. The van der Waals surface area contributed by atoms with Crippen molar-refractivity contribution in [2.75, 3.05) is 13.2 Å². The summed E-state index contributed by atoms with van der Waals surface area (Å²) in [5.74, 6) is -2.53. The Balaban J connectivity index is 1.93. The number of rotatable bonds is 5. The van der Waals surface area contributed by atoms with Gasteiger partial charge in [-0.3, -0.25) is 24.1 Å². The third kappa shape index (κ3) is 2.11. The standard InChI is InChI=1S/C17H17NO6/c1-3-23-15(21)17(16(22)24-4-2)9-12(17)18-13(19)10-7-5-6-8-11(10)14(18)20/h5-8,12H,3-4,9H2,1-2H3. The average molecular weight is 331 g/mol. The number of fused-ring (bicyclic) bond motifs is 1. The Labute approximate surface area is 138 Å². The summed E-state index contributed by atoms with van der Waals surface area (Å²) in [6, 6.07) is 5.54. The van der Waals surface area contributed by atoms with E-state index in [1.807, 2.05) is 0 Å². The zero-order chi connectivity index (χ0) is 17.5. The number of hydrogen-bond acceptors (Lipinski definition) is 6. The van der Waals surface area contributed by atoms with Crippen LogP contribution < -0.4 is 0 Å². The first-order chi connectivity index (χ1) is 11.5. The van der Waals surface area contributed by atoms with Crippen LogP contribution in [0.3, 0.4) is 0 Å². The molecule has 0 N–H and O–H groups in total. The summed E-state index contributed by atoms with van der Waals surface area (Å²) < 4.78 is 9.97. The topological polar surface area (TPSA) is 90.0 Å². The molecule has 126 valence electrons. The third-order valence-corrected chi connectivity index (χ3v) is 4.34. The second kappa shape index (κ2) is 5.74. The maximum atomic E-state index is 12.5. The highest BCUT2D eigenvalue weighted by Crippen LogP contribution is 2.53. The van der Waals surface area contributed by atoms with E-state index in [-0.39, 0.29) is 30.8 Å². The van der Waals surface area contributed by atoms with Gasteiger partial charge in [-0.05, 0) is 32.4 Å². The number of esters is 2. The van der Waals surface area contributed by atoms with Crippen molar-refractivity contribution in [3.8, 4) is 0 Å². The lowest BCUT2D eigenvalue weighted by Gasteiger charge is -2.19.